The van der Waals surface area contributed by atoms with Crippen LogP contribution in [0.15, 0.2) is 36.8 Å². The van der Waals surface area contributed by atoms with Crippen LogP contribution in [0.3, 0.4) is 0 Å². The summed E-state index contributed by atoms with van der Waals surface area (Å²) in [5, 5.41) is 13.7. The summed E-state index contributed by atoms with van der Waals surface area (Å²) >= 11 is 0. The maximum Gasteiger partial charge on any atom is 0.321 e. The lowest BCUT2D eigenvalue weighted by Crippen LogP contribution is -2.38. The first-order chi connectivity index (χ1) is 11.1. The molecule has 0 radical (unpaired) electrons. The van der Waals surface area contributed by atoms with Crippen molar-refractivity contribution in [1.29, 1.82) is 0 Å². The third kappa shape index (κ3) is 3.12. The van der Waals surface area contributed by atoms with E-state index in [1.165, 1.54) is 0 Å². The summed E-state index contributed by atoms with van der Waals surface area (Å²) in [6.45, 7) is 2.46. The standard InChI is InChI=1S/C17H20N4O2/c1-11-4-3-5-13-12(9-20-16(11)13)8-14(17(22)23)19-10-15-18-6-7-21(15)2/h3-7,9,14,19-20H,8,10H2,1-2H3,(H,22,23). The van der Waals surface area contributed by atoms with Crippen molar-refractivity contribution < 1.29 is 9.90 Å². The van der Waals surface area contributed by atoms with Crippen LogP contribution in [0, 0.1) is 6.92 Å². The molecular weight excluding hydrogens is 292 g/mol. The zero-order chi connectivity index (χ0) is 16.4. The number of aromatic nitrogens is 3. The molecule has 6 heteroatoms. The topological polar surface area (TPSA) is 82.9 Å². The van der Waals surface area contributed by atoms with E-state index in [0.717, 1.165) is 27.9 Å². The number of rotatable bonds is 6. The molecule has 0 aliphatic heterocycles. The summed E-state index contributed by atoms with van der Waals surface area (Å²) in [4.78, 5) is 19.0. The summed E-state index contributed by atoms with van der Waals surface area (Å²) in [7, 11) is 1.89. The Balaban J connectivity index is 1.77. The number of H-pyrrole nitrogens is 1. The number of nitrogens with zero attached hydrogens (tertiary/aromatic N) is 2. The molecular formula is C17H20N4O2. The molecule has 1 unspecified atom stereocenters. The van der Waals surface area contributed by atoms with Crippen LogP contribution in [0.1, 0.15) is 17.0 Å². The molecule has 0 saturated carbocycles. The average molecular weight is 312 g/mol. The number of carboxylic acids is 1. The van der Waals surface area contributed by atoms with Crippen molar-refractivity contribution in [2.75, 3.05) is 0 Å². The lowest BCUT2D eigenvalue weighted by Gasteiger charge is -2.14. The van der Waals surface area contributed by atoms with E-state index in [2.05, 4.69) is 15.3 Å². The second-order valence-corrected chi connectivity index (χ2v) is 5.74. The fourth-order valence-corrected chi connectivity index (χ4v) is 2.78. The normalized spacial score (nSPS) is 12.6. The Bertz CT molecular complexity index is 834. The monoisotopic (exact) mass is 312 g/mol. The predicted octanol–water partition coefficient (Wildman–Crippen LogP) is 2.00. The number of para-hydroxylation sites is 1. The highest BCUT2D eigenvalue weighted by Gasteiger charge is 2.20. The van der Waals surface area contributed by atoms with Crippen LogP contribution >= 0.6 is 0 Å². The minimum absolute atomic E-state index is 0.419. The summed E-state index contributed by atoms with van der Waals surface area (Å²) in [5.41, 5.74) is 3.22. The average Bonchev–Trinajstić information content (AvgIpc) is 3.11. The Labute approximate surface area is 134 Å². The molecule has 120 valence electrons. The maximum atomic E-state index is 11.6. The highest BCUT2D eigenvalue weighted by molar-refractivity contribution is 5.86. The number of aliphatic carboxylic acids is 1. The van der Waals surface area contributed by atoms with E-state index in [0.29, 0.717) is 13.0 Å². The predicted molar refractivity (Wildman–Crippen MR) is 88.2 cm³/mol. The van der Waals surface area contributed by atoms with Crippen molar-refractivity contribution in [3.05, 3.63) is 53.7 Å². The van der Waals surface area contributed by atoms with E-state index in [-0.39, 0.29) is 0 Å². The number of nitrogens with one attached hydrogen (secondary N) is 2. The summed E-state index contributed by atoms with van der Waals surface area (Å²) < 4.78 is 1.88. The van der Waals surface area contributed by atoms with E-state index in [1.54, 1.807) is 6.20 Å². The molecule has 6 nitrogen and oxygen atoms in total. The van der Waals surface area contributed by atoms with Crippen molar-refractivity contribution >= 4 is 16.9 Å². The van der Waals surface area contributed by atoms with Crippen LogP contribution in [-0.4, -0.2) is 31.7 Å². The fourth-order valence-electron chi connectivity index (χ4n) is 2.78. The summed E-state index contributed by atoms with van der Waals surface area (Å²) in [5.74, 6) is -0.0489. The number of hydrogen-bond donors (Lipinski definition) is 3. The Morgan fingerprint density at radius 2 is 2.30 bits per heavy atom. The molecule has 0 saturated heterocycles. The molecule has 3 aromatic rings. The maximum absolute atomic E-state index is 11.6. The van der Waals surface area contributed by atoms with Gasteiger partial charge in [0.15, 0.2) is 0 Å². The second-order valence-electron chi connectivity index (χ2n) is 5.74. The summed E-state index contributed by atoms with van der Waals surface area (Å²) in [6.07, 6.45) is 5.86. The molecule has 2 heterocycles. The van der Waals surface area contributed by atoms with Gasteiger partial charge in [-0.1, -0.05) is 18.2 Å². The van der Waals surface area contributed by atoms with Gasteiger partial charge in [0.2, 0.25) is 0 Å². The molecule has 1 atom stereocenters. The lowest BCUT2D eigenvalue weighted by atomic mass is 10.0. The van der Waals surface area contributed by atoms with E-state index >= 15 is 0 Å². The number of benzene rings is 1. The van der Waals surface area contributed by atoms with Gasteiger partial charge in [0, 0.05) is 43.0 Å². The van der Waals surface area contributed by atoms with Crippen molar-refractivity contribution in [2.45, 2.75) is 25.9 Å². The Morgan fingerprint density at radius 1 is 1.48 bits per heavy atom. The van der Waals surface area contributed by atoms with Gasteiger partial charge >= 0.3 is 5.97 Å². The van der Waals surface area contributed by atoms with Crippen LogP contribution in [0.5, 0.6) is 0 Å². The van der Waals surface area contributed by atoms with Gasteiger partial charge in [0.05, 0.1) is 6.54 Å². The first kappa shape index (κ1) is 15.3. The van der Waals surface area contributed by atoms with Gasteiger partial charge in [0.25, 0.3) is 0 Å². The van der Waals surface area contributed by atoms with E-state index in [9.17, 15) is 9.90 Å². The summed E-state index contributed by atoms with van der Waals surface area (Å²) in [6, 6.07) is 5.39. The molecule has 2 aromatic heterocycles. The van der Waals surface area contributed by atoms with Gasteiger partial charge in [-0.05, 0) is 18.1 Å². The molecule has 23 heavy (non-hydrogen) atoms. The first-order valence-electron chi connectivity index (χ1n) is 7.54. The van der Waals surface area contributed by atoms with Gasteiger partial charge in [-0.3, -0.25) is 10.1 Å². The van der Waals surface area contributed by atoms with Crippen LogP contribution in [0.25, 0.3) is 10.9 Å². The number of carboxylic acid groups (broad SMARTS) is 1. The van der Waals surface area contributed by atoms with Crippen LogP contribution in [0.4, 0.5) is 0 Å². The van der Waals surface area contributed by atoms with E-state index in [1.807, 2.05) is 49.1 Å². The second kappa shape index (κ2) is 6.26. The van der Waals surface area contributed by atoms with Crippen molar-refractivity contribution in [3.8, 4) is 0 Å². The van der Waals surface area contributed by atoms with E-state index < -0.39 is 12.0 Å². The number of carbonyl (C=O) groups is 1. The zero-order valence-corrected chi connectivity index (χ0v) is 13.2. The molecule has 3 N–H and O–H groups in total. The number of aryl methyl sites for hydroxylation is 2. The Kier molecular flexibility index (Phi) is 4.16. The quantitative estimate of drug-likeness (QED) is 0.650. The molecule has 1 aromatic carbocycles. The van der Waals surface area contributed by atoms with Crippen LogP contribution < -0.4 is 5.32 Å². The highest BCUT2D eigenvalue weighted by atomic mass is 16.4. The third-order valence-corrected chi connectivity index (χ3v) is 4.16. The van der Waals surface area contributed by atoms with Crippen molar-refractivity contribution in [1.82, 2.24) is 19.9 Å². The highest BCUT2D eigenvalue weighted by Crippen LogP contribution is 2.22. The molecule has 0 spiro atoms. The first-order valence-corrected chi connectivity index (χ1v) is 7.54. The number of imidazole rings is 1. The number of hydrogen-bond acceptors (Lipinski definition) is 3. The van der Waals surface area contributed by atoms with Gasteiger partial charge in [-0.2, -0.15) is 0 Å². The van der Waals surface area contributed by atoms with Crippen molar-refractivity contribution in [3.63, 3.8) is 0 Å². The molecule has 0 aliphatic rings. The largest absolute Gasteiger partial charge is 0.480 e. The SMILES string of the molecule is Cc1cccc2c(CC(NCc3nccn3C)C(=O)O)c[nH]c12. The number of aromatic amines is 1. The molecule has 3 rings (SSSR count). The fraction of sp³-hybridized carbons (Fsp3) is 0.294. The van der Waals surface area contributed by atoms with Gasteiger partial charge in [-0.15, -0.1) is 0 Å². The minimum Gasteiger partial charge on any atom is -0.480 e. The zero-order valence-electron chi connectivity index (χ0n) is 13.2. The molecule has 0 bridgehead atoms. The Morgan fingerprint density at radius 3 is 3.00 bits per heavy atom. The van der Waals surface area contributed by atoms with Crippen LogP contribution in [0.2, 0.25) is 0 Å². The van der Waals surface area contributed by atoms with Gasteiger partial charge < -0.3 is 14.7 Å². The number of fused-ring (bicyclic) bond motifs is 1. The lowest BCUT2D eigenvalue weighted by molar-refractivity contribution is -0.139. The van der Waals surface area contributed by atoms with E-state index in [4.69, 9.17) is 0 Å². The van der Waals surface area contributed by atoms with Crippen molar-refractivity contribution in [2.24, 2.45) is 7.05 Å². The third-order valence-electron chi connectivity index (χ3n) is 4.16. The van der Waals surface area contributed by atoms with Crippen LogP contribution in [-0.2, 0) is 24.8 Å². The molecule has 0 aliphatic carbocycles. The smallest absolute Gasteiger partial charge is 0.321 e. The molecule has 0 fully saturated rings. The van der Waals surface area contributed by atoms with Gasteiger partial charge in [-0.25, -0.2) is 4.98 Å². The van der Waals surface area contributed by atoms with Gasteiger partial charge in [0.1, 0.15) is 11.9 Å². The Hall–Kier alpha value is -2.60. The minimum atomic E-state index is -0.860. The molecule has 0 amide bonds.